The lowest BCUT2D eigenvalue weighted by Crippen LogP contribution is -2.44. The number of halogens is 2. The number of carbonyl (C=O) groups is 1. The van der Waals surface area contributed by atoms with Crippen LogP contribution in [0, 0.1) is 0 Å². The van der Waals surface area contributed by atoms with E-state index in [1.54, 1.807) is 4.90 Å². The lowest BCUT2D eigenvalue weighted by molar-refractivity contribution is 0.0224. The van der Waals surface area contributed by atoms with Gasteiger partial charge in [-0.15, -0.1) is 0 Å². The summed E-state index contributed by atoms with van der Waals surface area (Å²) in [6, 6.07) is -0.0430. The molecule has 1 amide bonds. The van der Waals surface area contributed by atoms with Gasteiger partial charge in [0.15, 0.2) is 0 Å². The Labute approximate surface area is 107 Å². The van der Waals surface area contributed by atoms with Crippen LogP contribution in [0.25, 0.3) is 0 Å². The highest BCUT2D eigenvalue weighted by molar-refractivity contribution is 5.69. The number of alkyl halides is 2. The molecule has 1 heterocycles. The van der Waals surface area contributed by atoms with Crippen LogP contribution in [0.4, 0.5) is 13.6 Å². The van der Waals surface area contributed by atoms with Crippen LogP contribution < -0.4 is 5.32 Å². The van der Waals surface area contributed by atoms with Gasteiger partial charge < -0.3 is 15.0 Å². The maximum absolute atomic E-state index is 12.0. The van der Waals surface area contributed by atoms with Crippen LogP contribution in [-0.4, -0.2) is 48.7 Å². The van der Waals surface area contributed by atoms with Crippen molar-refractivity contribution < 1.29 is 18.3 Å². The van der Waals surface area contributed by atoms with Crippen LogP contribution in [0.5, 0.6) is 0 Å². The molecule has 106 valence electrons. The van der Waals surface area contributed by atoms with E-state index >= 15 is 0 Å². The van der Waals surface area contributed by atoms with Gasteiger partial charge in [-0.05, 0) is 33.6 Å². The maximum Gasteiger partial charge on any atom is 0.410 e. The van der Waals surface area contributed by atoms with Crippen LogP contribution >= 0.6 is 0 Å². The van der Waals surface area contributed by atoms with Gasteiger partial charge in [-0.1, -0.05) is 0 Å². The number of hydrogen-bond acceptors (Lipinski definition) is 3. The molecule has 0 spiro atoms. The Bertz CT molecular complexity index is 280. The fourth-order valence-corrected chi connectivity index (χ4v) is 1.97. The Hall–Kier alpha value is -0.910. The topological polar surface area (TPSA) is 41.6 Å². The second-order valence-corrected chi connectivity index (χ2v) is 5.52. The van der Waals surface area contributed by atoms with Crippen LogP contribution in [-0.2, 0) is 4.74 Å². The van der Waals surface area contributed by atoms with Crippen molar-refractivity contribution >= 4 is 6.09 Å². The highest BCUT2D eigenvalue weighted by Gasteiger charge is 2.31. The van der Waals surface area contributed by atoms with Crippen molar-refractivity contribution in [3.05, 3.63) is 0 Å². The SMILES string of the molecule is CC(C)(C)OC(=O)N1CCCC1CNCC(F)F. The molecular weight excluding hydrogens is 242 g/mol. The Morgan fingerprint density at radius 1 is 1.50 bits per heavy atom. The van der Waals surface area contributed by atoms with E-state index in [0.29, 0.717) is 13.1 Å². The van der Waals surface area contributed by atoms with E-state index in [9.17, 15) is 13.6 Å². The molecule has 0 aromatic carbocycles. The fraction of sp³-hybridized carbons (Fsp3) is 0.917. The first-order valence-corrected chi connectivity index (χ1v) is 6.28. The summed E-state index contributed by atoms with van der Waals surface area (Å²) < 4.78 is 29.3. The first kappa shape index (κ1) is 15.1. The first-order chi connectivity index (χ1) is 8.29. The molecule has 0 aromatic rings. The van der Waals surface area contributed by atoms with Gasteiger partial charge in [0.1, 0.15) is 5.60 Å². The Kier molecular flexibility index (Phi) is 5.31. The molecule has 0 bridgehead atoms. The van der Waals surface area contributed by atoms with E-state index in [-0.39, 0.29) is 18.7 Å². The quantitative estimate of drug-likeness (QED) is 0.846. The van der Waals surface area contributed by atoms with Crippen molar-refractivity contribution in [3.63, 3.8) is 0 Å². The van der Waals surface area contributed by atoms with Crippen molar-refractivity contribution in [1.82, 2.24) is 10.2 Å². The van der Waals surface area contributed by atoms with E-state index < -0.39 is 12.0 Å². The summed E-state index contributed by atoms with van der Waals surface area (Å²) in [5.41, 5.74) is -0.527. The van der Waals surface area contributed by atoms with Gasteiger partial charge in [0.2, 0.25) is 0 Å². The molecule has 0 aliphatic carbocycles. The Morgan fingerprint density at radius 3 is 2.72 bits per heavy atom. The van der Waals surface area contributed by atoms with Crippen LogP contribution in [0.3, 0.4) is 0 Å². The monoisotopic (exact) mass is 264 g/mol. The Balaban J connectivity index is 2.41. The third-order valence-corrected chi connectivity index (χ3v) is 2.68. The van der Waals surface area contributed by atoms with E-state index in [1.165, 1.54) is 0 Å². The molecule has 1 atom stereocenters. The van der Waals surface area contributed by atoms with E-state index in [4.69, 9.17) is 4.74 Å². The third kappa shape index (κ3) is 5.16. The molecule has 0 radical (unpaired) electrons. The summed E-state index contributed by atoms with van der Waals surface area (Å²) in [6.45, 7) is 6.12. The van der Waals surface area contributed by atoms with Crippen molar-refractivity contribution in [2.75, 3.05) is 19.6 Å². The molecule has 1 aliphatic rings. The van der Waals surface area contributed by atoms with Crippen LogP contribution in [0.1, 0.15) is 33.6 Å². The van der Waals surface area contributed by atoms with E-state index in [1.807, 2.05) is 20.8 Å². The molecule has 1 aliphatic heterocycles. The number of likely N-dealkylation sites (tertiary alicyclic amines) is 1. The zero-order chi connectivity index (χ0) is 13.8. The second kappa shape index (κ2) is 6.31. The minimum Gasteiger partial charge on any atom is -0.444 e. The summed E-state index contributed by atoms with van der Waals surface area (Å²) >= 11 is 0. The van der Waals surface area contributed by atoms with Crippen molar-refractivity contribution in [2.24, 2.45) is 0 Å². The van der Waals surface area contributed by atoms with Gasteiger partial charge in [-0.3, -0.25) is 0 Å². The highest BCUT2D eigenvalue weighted by atomic mass is 19.3. The van der Waals surface area contributed by atoms with Gasteiger partial charge in [0.05, 0.1) is 6.54 Å². The number of amides is 1. The number of carbonyl (C=O) groups excluding carboxylic acids is 1. The second-order valence-electron chi connectivity index (χ2n) is 5.52. The molecule has 1 saturated heterocycles. The molecule has 6 heteroatoms. The molecule has 4 nitrogen and oxygen atoms in total. The molecule has 0 saturated carbocycles. The summed E-state index contributed by atoms with van der Waals surface area (Å²) in [4.78, 5) is 13.5. The summed E-state index contributed by atoms with van der Waals surface area (Å²) in [6.07, 6.45) is -0.999. The van der Waals surface area contributed by atoms with Crippen molar-refractivity contribution in [2.45, 2.75) is 51.7 Å². The molecule has 0 aromatic heterocycles. The third-order valence-electron chi connectivity index (χ3n) is 2.68. The molecule has 1 rings (SSSR count). The lowest BCUT2D eigenvalue weighted by Gasteiger charge is -2.28. The molecular formula is C12H22F2N2O2. The van der Waals surface area contributed by atoms with Crippen molar-refractivity contribution in [3.8, 4) is 0 Å². The normalized spacial score (nSPS) is 20.6. The van der Waals surface area contributed by atoms with Crippen molar-refractivity contribution in [1.29, 1.82) is 0 Å². The lowest BCUT2D eigenvalue weighted by atomic mass is 10.2. The molecule has 1 fully saturated rings. The summed E-state index contributed by atoms with van der Waals surface area (Å²) in [7, 11) is 0. The zero-order valence-electron chi connectivity index (χ0n) is 11.2. The zero-order valence-corrected chi connectivity index (χ0v) is 11.2. The standard InChI is InChI=1S/C12H22F2N2O2/c1-12(2,3)18-11(17)16-6-4-5-9(16)7-15-8-10(13)14/h9-10,15H,4-8H2,1-3H3. The fourth-order valence-electron chi connectivity index (χ4n) is 1.97. The number of ether oxygens (including phenoxy) is 1. The number of rotatable bonds is 4. The van der Waals surface area contributed by atoms with Crippen LogP contribution in [0.15, 0.2) is 0 Å². The highest BCUT2D eigenvalue weighted by Crippen LogP contribution is 2.20. The predicted octanol–water partition coefficient (Wildman–Crippen LogP) is 2.24. The molecule has 1 N–H and O–H groups in total. The minimum atomic E-state index is -2.36. The van der Waals surface area contributed by atoms with Gasteiger partial charge in [-0.2, -0.15) is 0 Å². The van der Waals surface area contributed by atoms with Gasteiger partial charge in [0.25, 0.3) is 6.43 Å². The summed E-state index contributed by atoms with van der Waals surface area (Å²) in [5, 5.41) is 2.68. The van der Waals surface area contributed by atoms with Gasteiger partial charge >= 0.3 is 6.09 Å². The van der Waals surface area contributed by atoms with E-state index in [2.05, 4.69) is 5.32 Å². The first-order valence-electron chi connectivity index (χ1n) is 6.28. The average Bonchev–Trinajstić information content (AvgIpc) is 2.62. The average molecular weight is 264 g/mol. The number of nitrogens with one attached hydrogen (secondary N) is 1. The Morgan fingerprint density at radius 2 is 2.17 bits per heavy atom. The van der Waals surface area contributed by atoms with Gasteiger partial charge in [-0.25, -0.2) is 13.6 Å². The van der Waals surface area contributed by atoms with Gasteiger partial charge in [0, 0.05) is 19.1 Å². The van der Waals surface area contributed by atoms with E-state index in [0.717, 1.165) is 12.8 Å². The molecule has 1 unspecified atom stereocenters. The maximum atomic E-state index is 12.0. The largest absolute Gasteiger partial charge is 0.444 e. The predicted molar refractivity (Wildman–Crippen MR) is 64.8 cm³/mol. The molecule has 18 heavy (non-hydrogen) atoms. The minimum absolute atomic E-state index is 0.0430. The smallest absolute Gasteiger partial charge is 0.410 e. The summed E-state index contributed by atoms with van der Waals surface area (Å²) in [5.74, 6) is 0. The number of hydrogen-bond donors (Lipinski definition) is 1. The number of nitrogens with zero attached hydrogens (tertiary/aromatic N) is 1. The van der Waals surface area contributed by atoms with Crippen LogP contribution in [0.2, 0.25) is 0 Å².